The van der Waals surface area contributed by atoms with Gasteiger partial charge in [-0.25, -0.2) is 0 Å². The quantitative estimate of drug-likeness (QED) is 0.448. The molecule has 0 spiro atoms. The molecular formula is C27H33BrClN4O3+. The van der Waals surface area contributed by atoms with Gasteiger partial charge < -0.3 is 9.80 Å². The summed E-state index contributed by atoms with van der Waals surface area (Å²) >= 11 is 10.3. The maximum absolute atomic E-state index is 13.1. The van der Waals surface area contributed by atoms with Crippen LogP contribution < -0.4 is 4.73 Å². The van der Waals surface area contributed by atoms with E-state index >= 15 is 0 Å². The predicted octanol–water partition coefficient (Wildman–Crippen LogP) is 3.61. The van der Waals surface area contributed by atoms with Crippen molar-refractivity contribution in [2.24, 2.45) is 5.92 Å². The third kappa shape index (κ3) is 5.13. The van der Waals surface area contributed by atoms with Gasteiger partial charge in [-0.3, -0.25) is 19.7 Å². The van der Waals surface area contributed by atoms with Crippen LogP contribution in [0.5, 0.6) is 0 Å². The van der Waals surface area contributed by atoms with Crippen molar-refractivity contribution in [1.82, 2.24) is 14.7 Å². The van der Waals surface area contributed by atoms with Crippen molar-refractivity contribution < 1.29 is 19.5 Å². The maximum atomic E-state index is 13.1. The average molecular weight is 577 g/mol. The van der Waals surface area contributed by atoms with E-state index < -0.39 is 0 Å². The maximum Gasteiger partial charge on any atom is 0.258 e. The van der Waals surface area contributed by atoms with Gasteiger partial charge in [-0.05, 0) is 65.2 Å². The van der Waals surface area contributed by atoms with E-state index in [2.05, 4.69) is 33.0 Å². The summed E-state index contributed by atoms with van der Waals surface area (Å²) in [4.78, 5) is 30.9. The van der Waals surface area contributed by atoms with E-state index in [9.17, 15) is 14.8 Å². The fourth-order valence-electron chi connectivity index (χ4n) is 6.04. The lowest BCUT2D eigenvalue weighted by Crippen LogP contribution is -2.52. The van der Waals surface area contributed by atoms with Crippen molar-refractivity contribution >= 4 is 39.3 Å². The number of nitrogens with zero attached hydrogens (tertiary/aromatic N) is 4. The predicted molar refractivity (Wildman–Crippen MR) is 140 cm³/mol. The zero-order valence-corrected chi connectivity index (χ0v) is 23.0. The molecule has 0 unspecified atom stereocenters. The lowest BCUT2D eigenvalue weighted by atomic mass is 9.92. The zero-order chi connectivity index (χ0) is 25.4. The largest absolute Gasteiger partial charge is 0.343 e. The molecule has 9 heteroatoms. The van der Waals surface area contributed by atoms with Crippen molar-refractivity contribution in [2.45, 2.75) is 45.1 Å². The number of pyridine rings is 1. The third-order valence-electron chi connectivity index (χ3n) is 8.03. The minimum atomic E-state index is -0.183. The highest BCUT2D eigenvalue weighted by atomic mass is 79.9. The second-order valence-electron chi connectivity index (χ2n) is 10.2. The molecule has 3 aliphatic rings. The number of hydrogen-bond acceptors (Lipinski definition) is 4. The Morgan fingerprint density at radius 1 is 1.06 bits per heavy atom. The lowest BCUT2D eigenvalue weighted by Gasteiger charge is -2.39. The van der Waals surface area contributed by atoms with E-state index in [1.165, 1.54) is 10.3 Å². The molecule has 3 heterocycles. The smallest absolute Gasteiger partial charge is 0.258 e. The molecule has 5 rings (SSSR count). The van der Waals surface area contributed by atoms with Crippen molar-refractivity contribution in [2.75, 3.05) is 39.3 Å². The highest BCUT2D eigenvalue weighted by molar-refractivity contribution is 9.10. The summed E-state index contributed by atoms with van der Waals surface area (Å²) in [5.41, 5.74) is 4.21. The summed E-state index contributed by atoms with van der Waals surface area (Å²) in [6, 6.07) is 7.96. The molecule has 2 amide bonds. The number of fused-ring (bicyclic) bond motifs is 2. The van der Waals surface area contributed by atoms with Gasteiger partial charge >= 0.3 is 0 Å². The Kier molecular flexibility index (Phi) is 7.56. The zero-order valence-electron chi connectivity index (χ0n) is 20.6. The van der Waals surface area contributed by atoms with Crippen molar-refractivity contribution in [3.05, 3.63) is 62.3 Å². The number of piperazine rings is 1. The van der Waals surface area contributed by atoms with Gasteiger partial charge in [0.1, 0.15) is 6.04 Å². The molecule has 1 atom stereocenters. The number of piperidine rings is 1. The van der Waals surface area contributed by atoms with E-state index in [1.54, 1.807) is 13.1 Å². The van der Waals surface area contributed by atoms with Crippen molar-refractivity contribution in [3.8, 4) is 0 Å². The summed E-state index contributed by atoms with van der Waals surface area (Å²) in [5.74, 6) is 0.670. The van der Waals surface area contributed by atoms with Crippen LogP contribution in [0.1, 0.15) is 54.6 Å². The van der Waals surface area contributed by atoms with Crippen molar-refractivity contribution in [1.29, 1.82) is 0 Å². The molecule has 2 aliphatic heterocycles. The second kappa shape index (κ2) is 10.7. The highest BCUT2D eigenvalue weighted by Crippen LogP contribution is 2.40. The summed E-state index contributed by atoms with van der Waals surface area (Å²) in [5, 5.41) is 11.7. The van der Waals surface area contributed by atoms with Crippen molar-refractivity contribution in [3.63, 3.8) is 0 Å². The van der Waals surface area contributed by atoms with Crippen LogP contribution in [-0.2, 0) is 22.4 Å². The van der Waals surface area contributed by atoms with Gasteiger partial charge in [0.15, 0.2) is 0 Å². The Morgan fingerprint density at radius 2 is 1.75 bits per heavy atom. The molecule has 7 nitrogen and oxygen atoms in total. The molecule has 1 aromatic carbocycles. The minimum Gasteiger partial charge on any atom is -0.343 e. The molecule has 1 aromatic heterocycles. The Bertz CT molecular complexity index is 1160. The Balaban J connectivity index is 1.32. The van der Waals surface area contributed by atoms with Crippen LogP contribution in [0, 0.1) is 5.92 Å². The monoisotopic (exact) mass is 575 g/mol. The SMILES string of the molecule is CC(=O)N1CCC(CC(=O)N2CCN([C@@H]3c4c(Cl)cccc4CCc4cc(Br)c[n+](O)c43)CC2)CC1. The number of amides is 2. The molecule has 1 N–H and O–H groups in total. The van der Waals surface area contributed by atoms with Gasteiger partial charge in [-0.2, -0.15) is 0 Å². The molecule has 1 aliphatic carbocycles. The molecule has 2 saturated heterocycles. The van der Waals surface area contributed by atoms with Crippen LogP contribution in [0.15, 0.2) is 34.9 Å². The molecule has 2 aromatic rings. The summed E-state index contributed by atoms with van der Waals surface area (Å²) in [6.45, 7) is 5.83. The molecule has 2 fully saturated rings. The second-order valence-corrected chi connectivity index (χ2v) is 11.5. The number of likely N-dealkylation sites (tertiary alicyclic amines) is 1. The van der Waals surface area contributed by atoms with Gasteiger partial charge in [0.2, 0.25) is 18.0 Å². The third-order valence-corrected chi connectivity index (χ3v) is 8.79. The van der Waals surface area contributed by atoms with E-state index in [0.29, 0.717) is 43.5 Å². The number of halogens is 2. The van der Waals surface area contributed by atoms with Crippen LogP contribution in [0.3, 0.4) is 0 Å². The number of rotatable bonds is 3. The topological polar surface area (TPSA) is 68.0 Å². The normalized spacial score (nSPS) is 21.0. The van der Waals surface area contributed by atoms with Gasteiger partial charge in [0.05, 0.1) is 4.47 Å². The Morgan fingerprint density at radius 3 is 2.44 bits per heavy atom. The minimum absolute atomic E-state index is 0.120. The first-order valence-electron chi connectivity index (χ1n) is 12.8. The summed E-state index contributed by atoms with van der Waals surface area (Å²) in [6.07, 6.45) is 5.70. The van der Waals surface area contributed by atoms with Crippen LogP contribution in [0.2, 0.25) is 5.02 Å². The van der Waals surface area contributed by atoms with Gasteiger partial charge in [-0.15, -0.1) is 0 Å². The first kappa shape index (κ1) is 25.5. The molecule has 0 bridgehead atoms. The van der Waals surface area contributed by atoms with Gasteiger partial charge in [0, 0.05) is 73.5 Å². The standard InChI is InChI=1S/C27H33BrClN4O3/c1-18(34)30-9-7-19(8-10-30)15-24(35)31-11-13-32(14-12-31)27-25-20(3-2-4-23(25)29)5-6-21-16-22(28)17-33(36)26(21)27/h2-4,16-17,19,27,36H,5-15H2,1H3/q+1/t27-/m1/s1. The molecule has 36 heavy (non-hydrogen) atoms. The molecule has 0 radical (unpaired) electrons. The molecule has 0 saturated carbocycles. The molecule has 192 valence electrons. The van der Waals surface area contributed by atoms with E-state index in [1.807, 2.05) is 21.9 Å². The fourth-order valence-corrected chi connectivity index (χ4v) is 6.81. The molecular weight excluding hydrogens is 544 g/mol. The first-order chi connectivity index (χ1) is 17.3. The summed E-state index contributed by atoms with van der Waals surface area (Å²) < 4.78 is 2.08. The highest BCUT2D eigenvalue weighted by Gasteiger charge is 2.40. The Labute approximate surface area is 225 Å². The van der Waals surface area contributed by atoms with Crippen LogP contribution in [0.25, 0.3) is 0 Å². The summed E-state index contributed by atoms with van der Waals surface area (Å²) in [7, 11) is 0. The lowest BCUT2D eigenvalue weighted by molar-refractivity contribution is -0.911. The number of carbonyl (C=O) groups is 2. The number of hydrogen-bond donors (Lipinski definition) is 1. The van der Waals surface area contributed by atoms with E-state index in [0.717, 1.165) is 60.1 Å². The number of carbonyl (C=O) groups excluding carboxylic acids is 2. The van der Waals surface area contributed by atoms with Crippen LogP contribution in [0.4, 0.5) is 0 Å². The Hall–Kier alpha value is -2.16. The van der Waals surface area contributed by atoms with Crippen LogP contribution >= 0.6 is 27.5 Å². The number of benzene rings is 1. The number of aromatic nitrogens is 1. The average Bonchev–Trinajstić information content (AvgIpc) is 3.02. The first-order valence-corrected chi connectivity index (χ1v) is 14.0. The van der Waals surface area contributed by atoms with E-state index in [-0.39, 0.29) is 17.9 Å². The number of aryl methyl sites for hydroxylation is 2. The van der Waals surface area contributed by atoms with Gasteiger partial charge in [0.25, 0.3) is 5.69 Å². The van der Waals surface area contributed by atoms with E-state index in [4.69, 9.17) is 11.6 Å². The fraction of sp³-hybridized carbons (Fsp3) is 0.519. The van der Waals surface area contributed by atoms with Gasteiger partial charge in [-0.1, -0.05) is 23.7 Å². The van der Waals surface area contributed by atoms with Crippen LogP contribution in [-0.4, -0.2) is 71.0 Å².